The molecule has 0 spiro atoms. The van der Waals surface area contributed by atoms with E-state index in [4.69, 9.17) is 17.0 Å². The maximum atomic E-state index is 4.93. The molecule has 0 unspecified atom stereocenters. The predicted molar refractivity (Wildman–Crippen MR) is 60.1 cm³/mol. The number of benzene rings is 1. The van der Waals surface area contributed by atoms with Crippen molar-refractivity contribution < 1.29 is 20.8 Å². The average molecular weight is 306 g/mol. The van der Waals surface area contributed by atoms with Crippen LogP contribution >= 0.6 is 17.0 Å². The van der Waals surface area contributed by atoms with Crippen molar-refractivity contribution in [1.29, 1.82) is 0 Å². The topological polar surface area (TPSA) is 0 Å². The number of rotatable bonds is 1. The van der Waals surface area contributed by atoms with Crippen LogP contribution in [0.4, 0.5) is 0 Å². The summed E-state index contributed by atoms with van der Waals surface area (Å²) < 4.78 is 0. The van der Waals surface area contributed by atoms with Gasteiger partial charge in [-0.2, -0.15) is 0 Å². The fourth-order valence-corrected chi connectivity index (χ4v) is 1.69. The van der Waals surface area contributed by atoms with Gasteiger partial charge in [-0.25, -0.2) is 0 Å². The monoisotopic (exact) mass is 304 g/mol. The summed E-state index contributed by atoms with van der Waals surface area (Å²) in [5.41, 5.74) is 4.47. The first-order chi connectivity index (χ1) is 6.83. The molecule has 1 aliphatic rings. The van der Waals surface area contributed by atoms with Gasteiger partial charge in [0.25, 0.3) is 0 Å². The van der Waals surface area contributed by atoms with Gasteiger partial charge in [-0.05, 0) is 29.5 Å². The molecular weight excluding hydrogens is 294 g/mol. The summed E-state index contributed by atoms with van der Waals surface area (Å²) >= 11 is -0.826. The summed E-state index contributed by atoms with van der Waals surface area (Å²) in [6.45, 7) is 2.22. The normalized spacial score (nSPS) is 12.4. The second kappa shape index (κ2) is 6.82. The first-order valence-corrected chi connectivity index (χ1v) is 10.9. The van der Waals surface area contributed by atoms with Crippen molar-refractivity contribution >= 4 is 22.6 Å². The zero-order valence-corrected chi connectivity index (χ0v) is 12.0. The fraction of sp³-hybridized carbons (Fsp3) is 0.273. The number of fused-ring (bicyclic) bond motifs is 1. The Balaban J connectivity index is 0.000000293. The molecule has 0 N–H and O–H groups in total. The van der Waals surface area contributed by atoms with E-state index < -0.39 is 20.8 Å². The van der Waals surface area contributed by atoms with Crippen molar-refractivity contribution in [2.45, 2.75) is 19.8 Å². The van der Waals surface area contributed by atoms with Crippen LogP contribution in [0.1, 0.15) is 24.5 Å². The molecule has 0 aromatic heterocycles. The van der Waals surface area contributed by atoms with Gasteiger partial charge in [-0.1, -0.05) is 37.3 Å². The third kappa shape index (κ3) is 3.22. The van der Waals surface area contributed by atoms with Crippen LogP contribution in [0.3, 0.4) is 0 Å². The van der Waals surface area contributed by atoms with Crippen LogP contribution in [0.15, 0.2) is 30.3 Å². The molecule has 1 aromatic rings. The van der Waals surface area contributed by atoms with Gasteiger partial charge in [0.1, 0.15) is 0 Å². The molecule has 0 aliphatic heterocycles. The van der Waals surface area contributed by atoms with E-state index in [-0.39, 0.29) is 0 Å². The molecule has 14 heavy (non-hydrogen) atoms. The van der Waals surface area contributed by atoms with Gasteiger partial charge in [0.15, 0.2) is 0 Å². The zero-order chi connectivity index (χ0) is 10.4. The molecule has 0 saturated carbocycles. The van der Waals surface area contributed by atoms with Crippen molar-refractivity contribution in [2.75, 3.05) is 0 Å². The van der Waals surface area contributed by atoms with Crippen LogP contribution < -0.4 is 0 Å². The van der Waals surface area contributed by atoms with Crippen molar-refractivity contribution in [1.82, 2.24) is 0 Å². The summed E-state index contributed by atoms with van der Waals surface area (Å²) in [6.07, 6.45) is 4.64. The minimum atomic E-state index is -0.826. The molecular formula is C11H12Cl2Zr. The zero-order valence-electron chi connectivity index (χ0n) is 8.06. The van der Waals surface area contributed by atoms with Gasteiger partial charge in [-0.15, -0.1) is 0 Å². The van der Waals surface area contributed by atoms with E-state index in [1.165, 1.54) is 16.7 Å². The molecule has 0 saturated heterocycles. The Bertz CT molecular complexity index is 321. The predicted octanol–water partition coefficient (Wildman–Crippen LogP) is 4.41. The van der Waals surface area contributed by atoms with Gasteiger partial charge in [0, 0.05) is 0 Å². The van der Waals surface area contributed by atoms with E-state index in [0.717, 1.165) is 12.8 Å². The number of hydrogen-bond acceptors (Lipinski definition) is 0. The Labute approximate surface area is 104 Å². The van der Waals surface area contributed by atoms with Crippen molar-refractivity contribution in [3.63, 3.8) is 0 Å². The first kappa shape index (κ1) is 12.5. The van der Waals surface area contributed by atoms with Crippen molar-refractivity contribution in [3.05, 3.63) is 41.5 Å². The van der Waals surface area contributed by atoms with E-state index in [2.05, 4.69) is 37.3 Å². The molecule has 1 aliphatic carbocycles. The van der Waals surface area contributed by atoms with E-state index in [1.54, 1.807) is 0 Å². The summed E-state index contributed by atoms with van der Waals surface area (Å²) in [7, 11) is 9.87. The molecule has 2 rings (SSSR count). The first-order valence-electron chi connectivity index (χ1n) is 4.57. The molecule has 0 atom stereocenters. The van der Waals surface area contributed by atoms with Crippen LogP contribution in [0.5, 0.6) is 0 Å². The summed E-state index contributed by atoms with van der Waals surface area (Å²) in [6, 6.07) is 8.67. The van der Waals surface area contributed by atoms with Crippen LogP contribution in [-0.2, 0) is 27.3 Å². The molecule has 0 bridgehead atoms. The van der Waals surface area contributed by atoms with E-state index in [0.29, 0.717) is 0 Å². The Morgan fingerprint density at radius 1 is 1.29 bits per heavy atom. The molecule has 0 amide bonds. The second-order valence-electron chi connectivity index (χ2n) is 3.02. The van der Waals surface area contributed by atoms with Gasteiger partial charge in [0.2, 0.25) is 0 Å². The summed E-state index contributed by atoms with van der Waals surface area (Å²) in [5.74, 6) is 0. The molecule has 3 heteroatoms. The van der Waals surface area contributed by atoms with Gasteiger partial charge in [-0.3, -0.25) is 0 Å². The maximum absolute atomic E-state index is 4.93. The molecule has 0 fully saturated rings. The van der Waals surface area contributed by atoms with Crippen LogP contribution in [-0.4, -0.2) is 0 Å². The molecule has 0 radical (unpaired) electrons. The second-order valence-corrected chi connectivity index (χ2v) is 6.75. The Morgan fingerprint density at radius 3 is 2.57 bits per heavy atom. The SMILES string of the molecule is CCC1=CCc2ccccc21.[Cl][Zr][Cl]. The summed E-state index contributed by atoms with van der Waals surface area (Å²) in [5, 5.41) is 0. The number of hydrogen-bond donors (Lipinski definition) is 0. The Kier molecular flexibility index (Phi) is 6.09. The van der Waals surface area contributed by atoms with Gasteiger partial charge in [0.05, 0.1) is 0 Å². The molecule has 74 valence electrons. The number of allylic oxidation sites excluding steroid dienone is 2. The minimum absolute atomic E-state index is 0.826. The molecule has 0 heterocycles. The number of halogens is 2. The quantitative estimate of drug-likeness (QED) is 0.721. The van der Waals surface area contributed by atoms with Crippen LogP contribution in [0, 0.1) is 0 Å². The third-order valence-corrected chi connectivity index (χ3v) is 2.31. The average Bonchev–Trinajstić information content (AvgIpc) is 2.62. The van der Waals surface area contributed by atoms with Crippen molar-refractivity contribution in [3.8, 4) is 0 Å². The van der Waals surface area contributed by atoms with E-state index in [9.17, 15) is 0 Å². The van der Waals surface area contributed by atoms with Gasteiger partial charge >= 0.3 is 37.9 Å². The Morgan fingerprint density at radius 2 is 1.93 bits per heavy atom. The van der Waals surface area contributed by atoms with Gasteiger partial charge < -0.3 is 0 Å². The third-order valence-electron chi connectivity index (χ3n) is 2.31. The fourth-order valence-electron chi connectivity index (χ4n) is 1.69. The summed E-state index contributed by atoms with van der Waals surface area (Å²) in [4.78, 5) is 0. The molecule has 1 aromatic carbocycles. The van der Waals surface area contributed by atoms with Crippen LogP contribution in [0.2, 0.25) is 0 Å². The Hall–Kier alpha value is 0.423. The van der Waals surface area contributed by atoms with E-state index >= 15 is 0 Å². The van der Waals surface area contributed by atoms with Crippen molar-refractivity contribution in [2.24, 2.45) is 0 Å². The standard InChI is InChI=1S/C11H12.2ClH.Zr/c1-2-9-7-8-10-5-3-4-6-11(9)10;;;/h3-7H,2,8H2,1H3;2*1H;/q;;;+2/p-2. The molecule has 0 nitrogen and oxygen atoms in total. The van der Waals surface area contributed by atoms with Crippen LogP contribution in [0.25, 0.3) is 5.57 Å². The van der Waals surface area contributed by atoms with E-state index in [1.807, 2.05) is 0 Å².